The Morgan fingerprint density at radius 2 is 2.25 bits per heavy atom. The van der Waals surface area contributed by atoms with Crippen LogP contribution in [0.1, 0.15) is 30.9 Å². The first kappa shape index (κ1) is 11.5. The molecule has 1 aromatic carbocycles. The summed E-state index contributed by atoms with van der Waals surface area (Å²) in [5, 5.41) is 0. The third kappa shape index (κ3) is 2.56. The van der Waals surface area contributed by atoms with E-state index in [1.165, 1.54) is 42.6 Å². The molecule has 0 saturated carbocycles. The van der Waals surface area contributed by atoms with Gasteiger partial charge in [0.05, 0.1) is 0 Å². The molecule has 0 spiro atoms. The predicted molar refractivity (Wildman–Crippen MR) is 70.0 cm³/mol. The van der Waals surface area contributed by atoms with Crippen molar-refractivity contribution in [2.75, 3.05) is 18.5 Å². The number of rotatable bonds is 4. The number of likely N-dealkylation sites (N-methyl/N-ethyl adjacent to an activating group) is 1. The molecule has 0 aliphatic carbocycles. The van der Waals surface area contributed by atoms with Gasteiger partial charge in [0, 0.05) is 25.3 Å². The number of fused-ring (bicyclic) bond motifs is 1. The molecule has 0 amide bonds. The minimum atomic E-state index is 0.334. The molecule has 0 bridgehead atoms. The van der Waals surface area contributed by atoms with E-state index in [-0.39, 0.29) is 0 Å². The van der Waals surface area contributed by atoms with E-state index >= 15 is 0 Å². The maximum absolute atomic E-state index is 5.76. The summed E-state index contributed by atoms with van der Waals surface area (Å²) in [6, 6.07) is 7.24. The number of aryl methyl sites for hydroxylation is 1. The Balaban J connectivity index is 1.97. The molecule has 1 aromatic rings. The van der Waals surface area contributed by atoms with Gasteiger partial charge in [-0.05, 0) is 49.8 Å². The first-order valence-corrected chi connectivity index (χ1v) is 6.25. The van der Waals surface area contributed by atoms with Crippen LogP contribution in [0.3, 0.4) is 0 Å². The Morgan fingerprint density at radius 1 is 1.44 bits per heavy atom. The van der Waals surface area contributed by atoms with Crippen molar-refractivity contribution in [3.63, 3.8) is 0 Å². The lowest BCUT2D eigenvalue weighted by Gasteiger charge is -2.12. The van der Waals surface area contributed by atoms with Crippen LogP contribution in [0.15, 0.2) is 18.2 Å². The maximum atomic E-state index is 5.76. The molecular weight excluding hydrogens is 196 g/mol. The molecule has 1 unspecified atom stereocenters. The van der Waals surface area contributed by atoms with Gasteiger partial charge in [-0.2, -0.15) is 0 Å². The zero-order valence-corrected chi connectivity index (χ0v) is 10.4. The van der Waals surface area contributed by atoms with E-state index in [9.17, 15) is 0 Å². The van der Waals surface area contributed by atoms with Crippen molar-refractivity contribution in [2.45, 2.75) is 38.6 Å². The van der Waals surface area contributed by atoms with Gasteiger partial charge in [-0.1, -0.05) is 12.1 Å². The van der Waals surface area contributed by atoms with Gasteiger partial charge < -0.3 is 10.6 Å². The van der Waals surface area contributed by atoms with E-state index in [1.54, 1.807) is 0 Å². The van der Waals surface area contributed by atoms with Gasteiger partial charge in [0.15, 0.2) is 0 Å². The van der Waals surface area contributed by atoms with E-state index in [4.69, 9.17) is 5.73 Å². The molecule has 2 heteroatoms. The van der Waals surface area contributed by atoms with Crippen LogP contribution in [0.4, 0.5) is 5.69 Å². The van der Waals surface area contributed by atoms with Crippen molar-refractivity contribution in [3.8, 4) is 0 Å². The average Bonchev–Trinajstić information content (AvgIpc) is 2.60. The molecule has 1 aliphatic heterocycles. The Labute approximate surface area is 98.4 Å². The number of hydrogen-bond acceptors (Lipinski definition) is 2. The third-order valence-electron chi connectivity index (χ3n) is 3.40. The summed E-state index contributed by atoms with van der Waals surface area (Å²) in [5.74, 6) is 0. The first-order valence-electron chi connectivity index (χ1n) is 6.25. The lowest BCUT2D eigenvalue weighted by molar-refractivity contribution is 0.624. The minimum Gasteiger partial charge on any atom is -0.374 e. The number of nitrogens with zero attached hydrogens (tertiary/aromatic N) is 1. The minimum absolute atomic E-state index is 0.334. The topological polar surface area (TPSA) is 29.3 Å². The number of hydrogen-bond donors (Lipinski definition) is 1. The molecule has 1 aliphatic rings. The zero-order valence-electron chi connectivity index (χ0n) is 10.4. The van der Waals surface area contributed by atoms with Crippen LogP contribution in [0.2, 0.25) is 0 Å². The Kier molecular flexibility index (Phi) is 3.49. The van der Waals surface area contributed by atoms with Crippen molar-refractivity contribution >= 4 is 5.69 Å². The molecular formula is C14H22N2. The van der Waals surface area contributed by atoms with Gasteiger partial charge in [-0.15, -0.1) is 0 Å². The van der Waals surface area contributed by atoms with Crippen LogP contribution < -0.4 is 10.6 Å². The van der Waals surface area contributed by atoms with Gasteiger partial charge in [0.1, 0.15) is 0 Å². The van der Waals surface area contributed by atoms with Gasteiger partial charge in [0.25, 0.3) is 0 Å². The second kappa shape index (κ2) is 4.88. The molecule has 0 fully saturated rings. The Bertz CT molecular complexity index is 358. The van der Waals surface area contributed by atoms with Crippen LogP contribution in [-0.2, 0) is 12.8 Å². The molecule has 0 saturated heterocycles. The Hall–Kier alpha value is -1.02. The summed E-state index contributed by atoms with van der Waals surface area (Å²) < 4.78 is 0. The van der Waals surface area contributed by atoms with E-state index in [0.29, 0.717) is 6.04 Å². The molecule has 2 nitrogen and oxygen atoms in total. The summed E-state index contributed by atoms with van der Waals surface area (Å²) in [6.07, 6.45) is 4.69. The molecule has 1 atom stereocenters. The van der Waals surface area contributed by atoms with E-state index in [0.717, 1.165) is 6.42 Å². The average molecular weight is 218 g/mol. The van der Waals surface area contributed by atoms with Gasteiger partial charge >= 0.3 is 0 Å². The summed E-state index contributed by atoms with van der Waals surface area (Å²) >= 11 is 0. The lowest BCUT2D eigenvalue weighted by atomic mass is 10.0. The van der Waals surface area contributed by atoms with Gasteiger partial charge in [-0.25, -0.2) is 0 Å². The smallest absolute Gasteiger partial charge is 0.0397 e. The van der Waals surface area contributed by atoms with Crippen molar-refractivity contribution in [2.24, 2.45) is 5.73 Å². The number of benzene rings is 1. The number of anilines is 1. The number of nitrogens with two attached hydrogens (primary N) is 1. The largest absolute Gasteiger partial charge is 0.374 e. The van der Waals surface area contributed by atoms with Crippen LogP contribution in [0.5, 0.6) is 0 Å². The predicted octanol–water partition coefficient (Wildman–Crippen LogP) is 2.35. The highest BCUT2D eigenvalue weighted by atomic mass is 15.1. The monoisotopic (exact) mass is 218 g/mol. The van der Waals surface area contributed by atoms with E-state index in [1.807, 2.05) is 0 Å². The molecule has 1 heterocycles. The quantitative estimate of drug-likeness (QED) is 0.840. The van der Waals surface area contributed by atoms with Crippen LogP contribution in [0.25, 0.3) is 0 Å². The highest BCUT2D eigenvalue weighted by Crippen LogP contribution is 2.27. The second-order valence-corrected chi connectivity index (χ2v) is 5.00. The highest BCUT2D eigenvalue weighted by Gasteiger charge is 2.15. The summed E-state index contributed by atoms with van der Waals surface area (Å²) in [5.41, 5.74) is 10.2. The fourth-order valence-corrected chi connectivity index (χ4v) is 2.40. The normalized spacial score (nSPS) is 16.3. The summed E-state index contributed by atoms with van der Waals surface area (Å²) in [7, 11) is 2.17. The first-order chi connectivity index (χ1) is 7.66. The third-order valence-corrected chi connectivity index (χ3v) is 3.40. The molecule has 0 aromatic heterocycles. The van der Waals surface area contributed by atoms with Crippen molar-refractivity contribution in [1.29, 1.82) is 0 Å². The van der Waals surface area contributed by atoms with Crippen LogP contribution >= 0.6 is 0 Å². The van der Waals surface area contributed by atoms with Crippen LogP contribution in [0, 0.1) is 0 Å². The summed E-state index contributed by atoms with van der Waals surface area (Å²) in [4.78, 5) is 2.33. The second-order valence-electron chi connectivity index (χ2n) is 5.00. The molecule has 0 radical (unpaired) electrons. The Morgan fingerprint density at radius 3 is 3.00 bits per heavy atom. The fraction of sp³-hybridized carbons (Fsp3) is 0.571. The maximum Gasteiger partial charge on any atom is 0.0397 e. The lowest BCUT2D eigenvalue weighted by Crippen LogP contribution is -2.14. The molecule has 2 rings (SSSR count). The van der Waals surface area contributed by atoms with Crippen molar-refractivity contribution in [3.05, 3.63) is 29.3 Å². The van der Waals surface area contributed by atoms with Crippen molar-refractivity contribution in [1.82, 2.24) is 0 Å². The highest BCUT2D eigenvalue weighted by molar-refractivity contribution is 5.58. The van der Waals surface area contributed by atoms with Gasteiger partial charge in [0.2, 0.25) is 0 Å². The van der Waals surface area contributed by atoms with Crippen molar-refractivity contribution < 1.29 is 0 Å². The summed E-state index contributed by atoms with van der Waals surface area (Å²) in [6.45, 7) is 3.25. The van der Waals surface area contributed by atoms with Crippen LogP contribution in [-0.4, -0.2) is 19.6 Å². The van der Waals surface area contributed by atoms with E-state index in [2.05, 4.69) is 37.1 Å². The SMILES string of the molecule is CC(N)CCCc1ccc2c(c1)CCN2C. The molecule has 16 heavy (non-hydrogen) atoms. The van der Waals surface area contributed by atoms with Gasteiger partial charge in [-0.3, -0.25) is 0 Å². The zero-order chi connectivity index (χ0) is 11.5. The van der Waals surface area contributed by atoms with E-state index < -0.39 is 0 Å². The molecule has 2 N–H and O–H groups in total. The fourth-order valence-electron chi connectivity index (χ4n) is 2.40. The standard InChI is InChI=1S/C14H22N2/c1-11(15)4-3-5-12-6-7-14-13(10-12)8-9-16(14)2/h6-7,10-11H,3-5,8-9,15H2,1-2H3. The molecule has 88 valence electrons.